The Balaban J connectivity index is 2.31. The zero-order chi connectivity index (χ0) is 13.8. The molecule has 0 fully saturated rings. The molecule has 1 aromatic heterocycles. The lowest BCUT2D eigenvalue weighted by atomic mass is 10.3. The Morgan fingerprint density at radius 2 is 1.84 bits per heavy atom. The van der Waals surface area contributed by atoms with Crippen molar-refractivity contribution < 1.29 is 9.31 Å². The van der Waals surface area contributed by atoms with E-state index in [0.29, 0.717) is 17.3 Å². The van der Waals surface area contributed by atoms with Crippen LogP contribution in [0.4, 0.5) is 27.4 Å². The Morgan fingerprint density at radius 3 is 2.42 bits per heavy atom. The molecule has 98 valence electrons. The molecule has 0 saturated heterocycles. The molecule has 0 spiro atoms. The largest absolute Gasteiger partial charge is 0.373 e. The lowest BCUT2D eigenvalue weighted by Gasteiger charge is -2.07. The first-order valence-electron chi connectivity index (χ1n) is 5.45. The maximum Gasteiger partial charge on any atom is 0.276 e. The molecule has 0 aliphatic heterocycles. The van der Waals surface area contributed by atoms with Gasteiger partial charge in [-0.3, -0.25) is 10.1 Å². The lowest BCUT2D eigenvalue weighted by Crippen LogP contribution is -2.00. The molecule has 6 nitrogen and oxygen atoms in total. The molecule has 0 amide bonds. The Labute approximate surface area is 108 Å². The molecule has 0 saturated carbocycles. The summed E-state index contributed by atoms with van der Waals surface area (Å²) in [5.41, 5.74) is 0.514. The monoisotopic (exact) mass is 262 g/mol. The highest BCUT2D eigenvalue weighted by Gasteiger charge is 2.10. The van der Waals surface area contributed by atoms with Gasteiger partial charge in [0.2, 0.25) is 0 Å². The molecule has 2 N–H and O–H groups in total. The van der Waals surface area contributed by atoms with Gasteiger partial charge in [-0.1, -0.05) is 0 Å². The van der Waals surface area contributed by atoms with E-state index in [1.165, 1.54) is 36.4 Å². The van der Waals surface area contributed by atoms with E-state index in [0.717, 1.165) is 0 Å². The van der Waals surface area contributed by atoms with Gasteiger partial charge in [0.15, 0.2) is 0 Å². The molecule has 2 aromatic rings. The zero-order valence-corrected chi connectivity index (χ0v) is 10.1. The Bertz CT molecular complexity index is 601. The first kappa shape index (κ1) is 12.7. The fourth-order valence-corrected chi connectivity index (χ4v) is 1.49. The Morgan fingerprint density at radius 1 is 1.21 bits per heavy atom. The van der Waals surface area contributed by atoms with Crippen molar-refractivity contribution >= 4 is 23.0 Å². The molecule has 1 aromatic carbocycles. The molecule has 0 atom stereocenters. The summed E-state index contributed by atoms with van der Waals surface area (Å²) < 4.78 is 12.8. The number of hydrogen-bond acceptors (Lipinski definition) is 5. The van der Waals surface area contributed by atoms with Crippen LogP contribution in [0.5, 0.6) is 0 Å². The predicted octanol–water partition coefficient (Wildman–Crippen LogP) is 2.91. The quantitative estimate of drug-likeness (QED) is 0.654. The van der Waals surface area contributed by atoms with Gasteiger partial charge in [0.05, 0.1) is 17.1 Å². The summed E-state index contributed by atoms with van der Waals surface area (Å²) in [4.78, 5) is 14.4. The van der Waals surface area contributed by atoms with Crippen molar-refractivity contribution in [3.8, 4) is 0 Å². The van der Waals surface area contributed by atoms with Gasteiger partial charge >= 0.3 is 0 Å². The van der Waals surface area contributed by atoms with Crippen LogP contribution in [0.3, 0.4) is 0 Å². The molecule has 1 heterocycles. The molecular formula is C12H11FN4O2. The van der Waals surface area contributed by atoms with Gasteiger partial charge in [0.1, 0.15) is 17.5 Å². The fourth-order valence-electron chi connectivity index (χ4n) is 1.49. The van der Waals surface area contributed by atoms with Crippen LogP contribution < -0.4 is 10.6 Å². The number of nitrogens with one attached hydrogen (secondary N) is 2. The van der Waals surface area contributed by atoms with E-state index in [1.807, 2.05) is 0 Å². The number of nitrogens with zero attached hydrogens (tertiary/aromatic N) is 2. The third-order valence-electron chi connectivity index (χ3n) is 2.39. The smallest absolute Gasteiger partial charge is 0.276 e. The van der Waals surface area contributed by atoms with Gasteiger partial charge < -0.3 is 10.6 Å². The van der Waals surface area contributed by atoms with Crippen LogP contribution in [0.15, 0.2) is 36.4 Å². The standard InChI is InChI=1S/C12H11FN4O2/c1-14-11-6-10(17(18)19)7-12(16-11)15-9-4-2-8(13)3-5-9/h2-7H,1H3,(H2,14,15,16). The number of benzene rings is 1. The summed E-state index contributed by atoms with van der Waals surface area (Å²) in [5, 5.41) is 16.4. The molecule has 0 aliphatic rings. The average Bonchev–Trinajstić information content (AvgIpc) is 2.41. The molecule has 0 unspecified atom stereocenters. The predicted molar refractivity (Wildman–Crippen MR) is 70.1 cm³/mol. The highest BCUT2D eigenvalue weighted by atomic mass is 19.1. The van der Waals surface area contributed by atoms with Crippen molar-refractivity contribution in [1.82, 2.24) is 4.98 Å². The molecule has 0 bridgehead atoms. The second-order valence-corrected chi connectivity index (χ2v) is 3.73. The van der Waals surface area contributed by atoms with Crippen LogP contribution >= 0.6 is 0 Å². The van der Waals surface area contributed by atoms with Crippen LogP contribution in [0.25, 0.3) is 0 Å². The van der Waals surface area contributed by atoms with E-state index in [4.69, 9.17) is 0 Å². The molecule has 2 rings (SSSR count). The fraction of sp³-hybridized carbons (Fsp3) is 0.0833. The second-order valence-electron chi connectivity index (χ2n) is 3.73. The van der Waals surface area contributed by atoms with Gasteiger partial charge in [0.25, 0.3) is 5.69 Å². The van der Waals surface area contributed by atoms with E-state index in [9.17, 15) is 14.5 Å². The van der Waals surface area contributed by atoms with E-state index >= 15 is 0 Å². The highest BCUT2D eigenvalue weighted by Crippen LogP contribution is 2.23. The number of nitro groups is 1. The van der Waals surface area contributed by atoms with Gasteiger partial charge in [-0.2, -0.15) is 0 Å². The van der Waals surface area contributed by atoms with E-state index in [2.05, 4.69) is 15.6 Å². The van der Waals surface area contributed by atoms with Crippen molar-refractivity contribution in [2.45, 2.75) is 0 Å². The molecule has 7 heteroatoms. The lowest BCUT2D eigenvalue weighted by molar-refractivity contribution is -0.384. The minimum Gasteiger partial charge on any atom is -0.373 e. The molecule has 0 radical (unpaired) electrons. The zero-order valence-electron chi connectivity index (χ0n) is 10.1. The van der Waals surface area contributed by atoms with Crippen LogP contribution in [-0.4, -0.2) is 17.0 Å². The van der Waals surface area contributed by atoms with Crippen molar-refractivity contribution in [1.29, 1.82) is 0 Å². The third kappa shape index (κ3) is 3.15. The molecule has 0 aliphatic carbocycles. The summed E-state index contributed by atoms with van der Waals surface area (Å²) in [6.45, 7) is 0. The minimum atomic E-state index is -0.502. The Kier molecular flexibility index (Phi) is 3.56. The van der Waals surface area contributed by atoms with Crippen molar-refractivity contribution in [2.75, 3.05) is 17.7 Å². The highest BCUT2D eigenvalue weighted by molar-refractivity contribution is 5.61. The summed E-state index contributed by atoms with van der Waals surface area (Å²) >= 11 is 0. The van der Waals surface area contributed by atoms with Crippen molar-refractivity contribution in [3.63, 3.8) is 0 Å². The van der Waals surface area contributed by atoms with E-state index in [1.54, 1.807) is 7.05 Å². The third-order valence-corrected chi connectivity index (χ3v) is 2.39. The summed E-state index contributed by atoms with van der Waals surface area (Å²) in [6.07, 6.45) is 0. The van der Waals surface area contributed by atoms with Crippen LogP contribution in [0.2, 0.25) is 0 Å². The molecular weight excluding hydrogens is 251 g/mol. The SMILES string of the molecule is CNc1cc([N+](=O)[O-])cc(Nc2ccc(F)cc2)n1. The number of rotatable bonds is 4. The summed E-state index contributed by atoms with van der Waals surface area (Å²) in [6, 6.07) is 8.27. The first-order chi connectivity index (χ1) is 9.08. The second kappa shape index (κ2) is 5.30. The average molecular weight is 262 g/mol. The molecule has 19 heavy (non-hydrogen) atoms. The minimum absolute atomic E-state index is 0.0797. The Hall–Kier alpha value is -2.70. The van der Waals surface area contributed by atoms with Crippen LogP contribution in [-0.2, 0) is 0 Å². The van der Waals surface area contributed by atoms with Crippen LogP contribution in [0.1, 0.15) is 0 Å². The number of aromatic nitrogens is 1. The maximum atomic E-state index is 12.8. The number of hydrogen-bond donors (Lipinski definition) is 2. The summed E-state index contributed by atoms with van der Waals surface area (Å²) in [5.74, 6) is 0.331. The van der Waals surface area contributed by atoms with Gasteiger partial charge in [-0.05, 0) is 24.3 Å². The number of pyridine rings is 1. The maximum absolute atomic E-state index is 12.8. The topological polar surface area (TPSA) is 80.1 Å². The van der Waals surface area contributed by atoms with Gasteiger partial charge in [-0.15, -0.1) is 0 Å². The van der Waals surface area contributed by atoms with Crippen molar-refractivity contribution in [3.05, 3.63) is 52.3 Å². The summed E-state index contributed by atoms with van der Waals surface area (Å²) in [7, 11) is 1.62. The number of anilines is 3. The normalized spacial score (nSPS) is 10.0. The van der Waals surface area contributed by atoms with E-state index in [-0.39, 0.29) is 11.5 Å². The van der Waals surface area contributed by atoms with E-state index < -0.39 is 4.92 Å². The van der Waals surface area contributed by atoms with Crippen LogP contribution in [0, 0.1) is 15.9 Å². The number of halogens is 1. The van der Waals surface area contributed by atoms with Crippen molar-refractivity contribution in [2.24, 2.45) is 0 Å². The van der Waals surface area contributed by atoms with Gasteiger partial charge in [-0.25, -0.2) is 9.37 Å². The van der Waals surface area contributed by atoms with Gasteiger partial charge in [0, 0.05) is 12.7 Å². The first-order valence-corrected chi connectivity index (χ1v) is 5.45.